The molecule has 0 bridgehead atoms. The summed E-state index contributed by atoms with van der Waals surface area (Å²) in [6.07, 6.45) is -3.55. The summed E-state index contributed by atoms with van der Waals surface area (Å²) in [5, 5.41) is 28.4. The van der Waals surface area contributed by atoms with Crippen LogP contribution in [0.1, 0.15) is 42.7 Å². The standard InChI is InChI=1S/C20H17F3N4O6/c21-20(22,23)12-4-3-5-13(10-12)24-19(28)33-25-17-7-2-1-6-15(17)16-9-8-14(26(29)30)11-18(16)27(31)32/h3-5,8-11,15H,1-2,6-7H2,(H,24,28)/b25-17+. The van der Waals surface area contributed by atoms with Crippen molar-refractivity contribution in [2.45, 2.75) is 37.8 Å². The Hall–Kier alpha value is -4.03. The number of anilines is 1. The van der Waals surface area contributed by atoms with E-state index in [1.54, 1.807) is 0 Å². The average molecular weight is 466 g/mol. The molecule has 0 saturated heterocycles. The number of carbonyl (C=O) groups excluding carboxylic acids is 1. The largest absolute Gasteiger partial charge is 0.437 e. The fourth-order valence-corrected chi connectivity index (χ4v) is 3.55. The molecule has 0 aromatic heterocycles. The highest BCUT2D eigenvalue weighted by Crippen LogP contribution is 2.38. The number of amides is 1. The van der Waals surface area contributed by atoms with Crippen LogP contribution in [-0.4, -0.2) is 21.7 Å². The van der Waals surface area contributed by atoms with Crippen LogP contribution in [0.4, 0.5) is 35.0 Å². The third-order valence-corrected chi connectivity index (χ3v) is 5.06. The van der Waals surface area contributed by atoms with E-state index in [9.17, 15) is 38.2 Å². The molecule has 2 aromatic carbocycles. The van der Waals surface area contributed by atoms with E-state index < -0.39 is 45.0 Å². The third-order valence-electron chi connectivity index (χ3n) is 5.06. The number of benzene rings is 2. The van der Waals surface area contributed by atoms with Gasteiger partial charge in [0, 0.05) is 23.2 Å². The van der Waals surface area contributed by atoms with Gasteiger partial charge in [0.05, 0.1) is 27.2 Å². The number of hydrogen-bond acceptors (Lipinski definition) is 7. The van der Waals surface area contributed by atoms with Gasteiger partial charge in [-0.05, 0) is 43.5 Å². The van der Waals surface area contributed by atoms with Crippen LogP contribution in [0.25, 0.3) is 0 Å². The van der Waals surface area contributed by atoms with Crippen LogP contribution < -0.4 is 5.32 Å². The molecule has 3 rings (SSSR count). The summed E-state index contributed by atoms with van der Waals surface area (Å²) < 4.78 is 38.4. The summed E-state index contributed by atoms with van der Waals surface area (Å²) in [7, 11) is 0. The second-order valence-electron chi connectivity index (χ2n) is 7.22. The molecule has 1 N–H and O–H groups in total. The maximum atomic E-state index is 12.8. The number of oxime groups is 1. The Bertz CT molecular complexity index is 1120. The predicted molar refractivity (Wildman–Crippen MR) is 110 cm³/mol. The molecule has 13 heteroatoms. The molecular formula is C20H17F3N4O6. The van der Waals surface area contributed by atoms with Crippen LogP contribution in [0.3, 0.4) is 0 Å². The zero-order valence-corrected chi connectivity index (χ0v) is 16.9. The Labute approximate surface area is 184 Å². The van der Waals surface area contributed by atoms with Gasteiger partial charge < -0.3 is 0 Å². The quantitative estimate of drug-likeness (QED) is 0.337. The number of nitro benzene ring substituents is 2. The molecule has 0 spiro atoms. The molecule has 1 amide bonds. The minimum absolute atomic E-state index is 0.152. The molecule has 174 valence electrons. The highest BCUT2D eigenvalue weighted by atomic mass is 19.4. The normalized spacial score (nSPS) is 17.4. The van der Waals surface area contributed by atoms with Crippen molar-refractivity contribution in [2.24, 2.45) is 5.16 Å². The van der Waals surface area contributed by atoms with E-state index >= 15 is 0 Å². The number of alkyl halides is 3. The first-order chi connectivity index (χ1) is 15.6. The lowest BCUT2D eigenvalue weighted by Crippen LogP contribution is -2.21. The van der Waals surface area contributed by atoms with Gasteiger partial charge in [-0.2, -0.15) is 13.2 Å². The van der Waals surface area contributed by atoms with Gasteiger partial charge in [-0.15, -0.1) is 0 Å². The first kappa shape index (κ1) is 23.6. The highest BCUT2D eigenvalue weighted by molar-refractivity contribution is 5.93. The van der Waals surface area contributed by atoms with E-state index in [4.69, 9.17) is 4.84 Å². The van der Waals surface area contributed by atoms with E-state index in [0.717, 1.165) is 30.3 Å². The number of halogens is 3. The SMILES string of the molecule is O=C(Nc1cccc(C(F)(F)F)c1)O/N=C1\CCCCC1c1ccc([N+](=O)[O-])cc1[N+](=O)[O-]. The minimum atomic E-state index is -4.59. The summed E-state index contributed by atoms with van der Waals surface area (Å²) in [5.41, 5.74) is -1.47. The lowest BCUT2D eigenvalue weighted by molar-refractivity contribution is -0.394. The van der Waals surface area contributed by atoms with Crippen LogP contribution in [0.2, 0.25) is 0 Å². The van der Waals surface area contributed by atoms with Gasteiger partial charge >= 0.3 is 12.3 Å². The lowest BCUT2D eigenvalue weighted by atomic mass is 9.81. The molecule has 1 saturated carbocycles. The fourth-order valence-electron chi connectivity index (χ4n) is 3.55. The monoisotopic (exact) mass is 466 g/mol. The van der Waals surface area contributed by atoms with Gasteiger partial charge in [-0.1, -0.05) is 17.6 Å². The molecule has 0 aliphatic heterocycles. The number of nitrogens with one attached hydrogen (secondary N) is 1. The smallest absolute Gasteiger partial charge is 0.298 e. The third kappa shape index (κ3) is 5.81. The van der Waals surface area contributed by atoms with E-state index in [-0.39, 0.29) is 11.3 Å². The molecular weight excluding hydrogens is 449 g/mol. The van der Waals surface area contributed by atoms with Crippen LogP contribution >= 0.6 is 0 Å². The van der Waals surface area contributed by atoms with Crippen LogP contribution in [-0.2, 0) is 11.0 Å². The number of nitro groups is 2. The molecule has 10 nitrogen and oxygen atoms in total. The van der Waals surface area contributed by atoms with Crippen molar-refractivity contribution in [1.82, 2.24) is 0 Å². The zero-order valence-electron chi connectivity index (χ0n) is 16.9. The maximum absolute atomic E-state index is 12.8. The first-order valence-corrected chi connectivity index (χ1v) is 9.71. The van der Waals surface area contributed by atoms with Gasteiger partial charge in [0.25, 0.3) is 11.4 Å². The van der Waals surface area contributed by atoms with Crippen molar-refractivity contribution in [1.29, 1.82) is 0 Å². The Balaban J connectivity index is 1.80. The van der Waals surface area contributed by atoms with Crippen LogP contribution in [0.5, 0.6) is 0 Å². The highest BCUT2D eigenvalue weighted by Gasteiger charge is 2.32. The molecule has 2 aromatic rings. The average Bonchev–Trinajstić information content (AvgIpc) is 2.77. The maximum Gasteiger partial charge on any atom is 0.437 e. The van der Waals surface area contributed by atoms with Gasteiger partial charge in [0.2, 0.25) is 0 Å². The summed E-state index contributed by atoms with van der Waals surface area (Å²) in [5.74, 6) is -0.610. The zero-order chi connectivity index (χ0) is 24.2. The number of hydrogen-bond donors (Lipinski definition) is 1. The van der Waals surface area contributed by atoms with Crippen molar-refractivity contribution in [3.63, 3.8) is 0 Å². The number of rotatable bonds is 5. The molecule has 1 aliphatic carbocycles. The Morgan fingerprint density at radius 3 is 2.52 bits per heavy atom. The van der Waals surface area contributed by atoms with Crippen molar-refractivity contribution in [2.75, 3.05) is 5.32 Å². The molecule has 33 heavy (non-hydrogen) atoms. The van der Waals surface area contributed by atoms with Crippen molar-refractivity contribution in [3.8, 4) is 0 Å². The number of carbonyl (C=O) groups is 1. The van der Waals surface area contributed by atoms with Crippen molar-refractivity contribution < 1.29 is 32.6 Å². The number of nitrogens with zero attached hydrogens (tertiary/aromatic N) is 3. The van der Waals surface area contributed by atoms with E-state index in [0.29, 0.717) is 31.4 Å². The Morgan fingerprint density at radius 1 is 1.09 bits per heavy atom. The molecule has 0 heterocycles. The van der Waals surface area contributed by atoms with E-state index in [2.05, 4.69) is 10.5 Å². The molecule has 1 unspecified atom stereocenters. The molecule has 0 radical (unpaired) electrons. The van der Waals surface area contributed by atoms with Gasteiger partial charge in [-0.3, -0.25) is 30.4 Å². The van der Waals surface area contributed by atoms with Crippen molar-refractivity contribution in [3.05, 3.63) is 73.8 Å². The summed E-state index contributed by atoms with van der Waals surface area (Å²) in [6.45, 7) is 0. The topological polar surface area (TPSA) is 137 Å². The van der Waals surface area contributed by atoms with Gasteiger partial charge in [-0.25, -0.2) is 4.79 Å². The summed E-state index contributed by atoms with van der Waals surface area (Å²) in [4.78, 5) is 37.8. The van der Waals surface area contributed by atoms with E-state index in [1.165, 1.54) is 12.1 Å². The summed E-state index contributed by atoms with van der Waals surface area (Å²) in [6, 6.07) is 7.24. The van der Waals surface area contributed by atoms with Crippen LogP contribution in [0.15, 0.2) is 47.6 Å². The molecule has 1 fully saturated rings. The van der Waals surface area contributed by atoms with Gasteiger partial charge in [0.1, 0.15) is 0 Å². The predicted octanol–water partition coefficient (Wildman–Crippen LogP) is 5.78. The summed E-state index contributed by atoms with van der Waals surface area (Å²) >= 11 is 0. The molecule has 1 atom stereocenters. The van der Waals surface area contributed by atoms with Crippen molar-refractivity contribution >= 4 is 28.9 Å². The van der Waals surface area contributed by atoms with E-state index in [1.807, 2.05) is 0 Å². The fraction of sp³-hybridized carbons (Fsp3) is 0.300. The second-order valence-corrected chi connectivity index (χ2v) is 7.22. The first-order valence-electron chi connectivity index (χ1n) is 9.71. The second kappa shape index (κ2) is 9.63. The Kier molecular flexibility index (Phi) is 6.89. The minimum Gasteiger partial charge on any atom is -0.298 e. The molecule has 1 aliphatic rings. The van der Waals surface area contributed by atoms with Gasteiger partial charge in [0.15, 0.2) is 0 Å². The Morgan fingerprint density at radius 2 is 1.85 bits per heavy atom. The number of non-ortho nitro benzene ring substituents is 1. The lowest BCUT2D eigenvalue weighted by Gasteiger charge is -2.23. The van der Waals surface area contributed by atoms with Crippen LogP contribution in [0, 0.1) is 20.2 Å².